The Morgan fingerprint density at radius 1 is 1.17 bits per heavy atom. The van der Waals surface area contributed by atoms with Crippen LogP contribution in [0.4, 0.5) is 11.4 Å². The number of halogens is 1. The summed E-state index contributed by atoms with van der Waals surface area (Å²) in [6.45, 7) is 0.984. The number of carbonyl (C=O) groups is 1. The van der Waals surface area contributed by atoms with Crippen LogP contribution >= 0.6 is 11.6 Å². The topological polar surface area (TPSA) is 90.7 Å². The highest BCUT2D eigenvalue weighted by atomic mass is 35.5. The number of hydrogen-bond acceptors (Lipinski definition) is 5. The number of fused-ring (bicyclic) bond motifs is 1. The third-order valence-corrected chi connectivity index (χ3v) is 3.68. The smallest absolute Gasteiger partial charge is 0.269 e. The minimum absolute atomic E-state index is 0.0494. The van der Waals surface area contributed by atoms with Gasteiger partial charge in [-0.05, 0) is 24.3 Å². The zero-order valence-corrected chi connectivity index (χ0v) is 13.2. The zero-order valence-electron chi connectivity index (χ0n) is 12.5. The summed E-state index contributed by atoms with van der Waals surface area (Å²) in [4.78, 5) is 22.5. The summed E-state index contributed by atoms with van der Waals surface area (Å²) in [5.74, 6) is 0.455. The number of benzene rings is 2. The SMILES string of the molecule is O=C(Nc1ccc([N+](=O)[O-])cc1)c1cc(Cl)c2c(c1)OCCCO2. The van der Waals surface area contributed by atoms with Gasteiger partial charge in [0, 0.05) is 29.8 Å². The zero-order chi connectivity index (χ0) is 17.1. The van der Waals surface area contributed by atoms with Crippen LogP contribution < -0.4 is 14.8 Å². The number of nitro groups is 1. The Balaban J connectivity index is 1.81. The summed E-state index contributed by atoms with van der Waals surface area (Å²) >= 11 is 6.16. The lowest BCUT2D eigenvalue weighted by Gasteiger charge is -2.11. The van der Waals surface area contributed by atoms with Gasteiger partial charge in [0.25, 0.3) is 11.6 Å². The monoisotopic (exact) mass is 348 g/mol. The summed E-state index contributed by atoms with van der Waals surface area (Å²) in [6.07, 6.45) is 0.731. The predicted octanol–water partition coefficient (Wildman–Crippen LogP) is 3.66. The number of amides is 1. The van der Waals surface area contributed by atoms with E-state index in [-0.39, 0.29) is 5.69 Å². The lowest BCUT2D eigenvalue weighted by atomic mass is 10.1. The van der Waals surface area contributed by atoms with E-state index in [0.29, 0.717) is 41.0 Å². The first-order chi connectivity index (χ1) is 11.5. The Bertz CT molecular complexity index is 792. The van der Waals surface area contributed by atoms with Gasteiger partial charge in [-0.2, -0.15) is 0 Å². The Kier molecular flexibility index (Phi) is 4.52. The van der Waals surface area contributed by atoms with Crippen LogP contribution in [0.15, 0.2) is 36.4 Å². The van der Waals surface area contributed by atoms with E-state index in [2.05, 4.69) is 5.32 Å². The van der Waals surface area contributed by atoms with Crippen LogP contribution in [0.2, 0.25) is 5.02 Å². The van der Waals surface area contributed by atoms with E-state index in [1.54, 1.807) is 6.07 Å². The van der Waals surface area contributed by atoms with Crippen LogP contribution in [0, 0.1) is 10.1 Å². The van der Waals surface area contributed by atoms with Gasteiger partial charge in [-0.3, -0.25) is 14.9 Å². The molecule has 24 heavy (non-hydrogen) atoms. The lowest BCUT2D eigenvalue weighted by molar-refractivity contribution is -0.384. The van der Waals surface area contributed by atoms with Crippen molar-refractivity contribution < 1.29 is 19.2 Å². The number of nitrogens with one attached hydrogen (secondary N) is 1. The third kappa shape index (κ3) is 3.41. The lowest BCUT2D eigenvalue weighted by Crippen LogP contribution is -2.12. The number of rotatable bonds is 3. The van der Waals surface area contributed by atoms with Crippen LogP contribution in [0.5, 0.6) is 11.5 Å². The van der Waals surface area contributed by atoms with Gasteiger partial charge < -0.3 is 14.8 Å². The average molecular weight is 349 g/mol. The average Bonchev–Trinajstić information content (AvgIpc) is 2.81. The maximum absolute atomic E-state index is 12.4. The van der Waals surface area contributed by atoms with Crippen molar-refractivity contribution >= 4 is 28.9 Å². The molecule has 0 fully saturated rings. The van der Waals surface area contributed by atoms with Crippen molar-refractivity contribution in [3.63, 3.8) is 0 Å². The van der Waals surface area contributed by atoms with Gasteiger partial charge in [-0.1, -0.05) is 11.6 Å². The third-order valence-electron chi connectivity index (χ3n) is 3.40. The Morgan fingerprint density at radius 2 is 1.88 bits per heavy atom. The maximum atomic E-state index is 12.4. The molecule has 1 amide bonds. The molecule has 0 spiro atoms. The number of hydrogen-bond donors (Lipinski definition) is 1. The maximum Gasteiger partial charge on any atom is 0.269 e. The number of ether oxygens (including phenoxy) is 2. The van der Waals surface area contributed by atoms with E-state index in [1.807, 2.05) is 0 Å². The molecule has 3 rings (SSSR count). The Morgan fingerprint density at radius 3 is 2.58 bits per heavy atom. The fourth-order valence-electron chi connectivity index (χ4n) is 2.23. The first kappa shape index (κ1) is 16.1. The van der Waals surface area contributed by atoms with E-state index in [4.69, 9.17) is 21.1 Å². The summed E-state index contributed by atoms with van der Waals surface area (Å²) in [5, 5.41) is 13.6. The molecule has 0 radical (unpaired) electrons. The standard InChI is InChI=1S/C16H13ClN2O5/c17-13-8-10(9-14-15(13)24-7-1-6-23-14)16(20)18-11-2-4-12(5-3-11)19(21)22/h2-5,8-9H,1,6-7H2,(H,18,20). The molecular weight excluding hydrogens is 336 g/mol. The molecule has 1 heterocycles. The molecule has 8 heteroatoms. The summed E-state index contributed by atoms with van der Waals surface area (Å²) < 4.78 is 11.1. The molecule has 7 nitrogen and oxygen atoms in total. The number of anilines is 1. The van der Waals surface area contributed by atoms with E-state index in [9.17, 15) is 14.9 Å². The predicted molar refractivity (Wildman–Crippen MR) is 88.1 cm³/mol. The number of non-ortho nitro benzene ring substituents is 1. The molecule has 2 aromatic rings. The second-order valence-electron chi connectivity index (χ2n) is 5.09. The molecule has 1 N–H and O–H groups in total. The van der Waals surface area contributed by atoms with Gasteiger partial charge in [0.15, 0.2) is 11.5 Å². The molecule has 124 valence electrons. The second kappa shape index (κ2) is 6.76. The molecule has 0 bridgehead atoms. The second-order valence-corrected chi connectivity index (χ2v) is 5.50. The van der Waals surface area contributed by atoms with Crippen molar-refractivity contribution in [2.75, 3.05) is 18.5 Å². The molecule has 1 aliphatic heterocycles. The minimum atomic E-state index is -0.505. The highest BCUT2D eigenvalue weighted by Gasteiger charge is 2.18. The molecular formula is C16H13ClN2O5. The molecule has 1 aliphatic rings. The molecule has 0 aromatic heterocycles. The quantitative estimate of drug-likeness (QED) is 0.675. The summed E-state index contributed by atoms with van der Waals surface area (Å²) in [6, 6.07) is 8.61. The Labute approximate surface area is 142 Å². The first-order valence-corrected chi connectivity index (χ1v) is 7.57. The molecule has 0 unspecified atom stereocenters. The number of nitrogens with zero attached hydrogens (tertiary/aromatic N) is 1. The molecule has 0 saturated carbocycles. The van der Waals surface area contributed by atoms with Gasteiger partial charge in [-0.15, -0.1) is 0 Å². The van der Waals surface area contributed by atoms with E-state index >= 15 is 0 Å². The summed E-state index contributed by atoms with van der Waals surface area (Å²) in [7, 11) is 0. The van der Waals surface area contributed by atoms with Crippen LogP contribution in [0.1, 0.15) is 16.8 Å². The van der Waals surface area contributed by atoms with Crippen molar-refractivity contribution in [3.05, 3.63) is 57.1 Å². The fraction of sp³-hybridized carbons (Fsp3) is 0.188. The summed E-state index contributed by atoms with van der Waals surface area (Å²) in [5.41, 5.74) is 0.697. The van der Waals surface area contributed by atoms with Gasteiger partial charge in [0.1, 0.15) is 0 Å². The van der Waals surface area contributed by atoms with Gasteiger partial charge in [0.05, 0.1) is 23.2 Å². The van der Waals surface area contributed by atoms with Gasteiger partial charge in [0.2, 0.25) is 0 Å². The van der Waals surface area contributed by atoms with Crippen LogP contribution in [0.25, 0.3) is 0 Å². The van der Waals surface area contributed by atoms with E-state index in [0.717, 1.165) is 6.42 Å². The van der Waals surface area contributed by atoms with Crippen molar-refractivity contribution in [3.8, 4) is 11.5 Å². The van der Waals surface area contributed by atoms with Crippen LogP contribution in [-0.4, -0.2) is 24.0 Å². The molecule has 0 atom stereocenters. The van der Waals surface area contributed by atoms with Gasteiger partial charge in [-0.25, -0.2) is 0 Å². The minimum Gasteiger partial charge on any atom is -0.489 e. The first-order valence-electron chi connectivity index (χ1n) is 7.19. The number of carbonyl (C=O) groups excluding carboxylic acids is 1. The molecule has 0 aliphatic carbocycles. The van der Waals surface area contributed by atoms with E-state index < -0.39 is 10.8 Å². The van der Waals surface area contributed by atoms with Crippen LogP contribution in [-0.2, 0) is 0 Å². The van der Waals surface area contributed by atoms with Gasteiger partial charge >= 0.3 is 0 Å². The van der Waals surface area contributed by atoms with Crippen LogP contribution in [0.3, 0.4) is 0 Å². The van der Waals surface area contributed by atoms with Crippen molar-refractivity contribution in [2.45, 2.75) is 6.42 Å². The molecule has 0 saturated heterocycles. The molecule has 2 aromatic carbocycles. The largest absolute Gasteiger partial charge is 0.489 e. The highest BCUT2D eigenvalue weighted by Crippen LogP contribution is 2.38. The van der Waals surface area contributed by atoms with Crippen molar-refractivity contribution in [1.29, 1.82) is 0 Å². The van der Waals surface area contributed by atoms with E-state index in [1.165, 1.54) is 30.3 Å². The fourth-order valence-corrected chi connectivity index (χ4v) is 2.50. The highest BCUT2D eigenvalue weighted by molar-refractivity contribution is 6.32. The van der Waals surface area contributed by atoms with Crippen molar-refractivity contribution in [2.24, 2.45) is 0 Å². The normalized spacial score (nSPS) is 13.0. The van der Waals surface area contributed by atoms with Crippen molar-refractivity contribution in [1.82, 2.24) is 0 Å². The Hall–Kier alpha value is -2.80. The number of nitro benzene ring substituents is 1.